The molecule has 1 N–H and O–H groups in total. The van der Waals surface area contributed by atoms with Crippen molar-refractivity contribution < 1.29 is 23.6 Å². The highest BCUT2D eigenvalue weighted by Gasteiger charge is 2.35. The lowest BCUT2D eigenvalue weighted by atomic mass is 10.2. The van der Waals surface area contributed by atoms with Crippen LogP contribution < -0.4 is 14.8 Å². The molecular formula is C21H25N3O5. The van der Waals surface area contributed by atoms with E-state index in [0.29, 0.717) is 30.3 Å². The van der Waals surface area contributed by atoms with E-state index < -0.39 is 0 Å². The van der Waals surface area contributed by atoms with E-state index in [1.165, 1.54) is 0 Å². The standard InChI is InChI=1S/C21H25N3O5/c1-3-13(2)24(21(26)15-5-6-15)11-16-9-17(23-29-16)20(25)22-10-14-4-7-18-19(8-14)28-12-27-18/h4,7-9,13,15H,3,5-6,10-12H2,1-2H3,(H,22,25). The first-order valence-corrected chi connectivity index (χ1v) is 9.98. The minimum Gasteiger partial charge on any atom is -0.454 e. The van der Waals surface area contributed by atoms with E-state index in [-0.39, 0.29) is 36.3 Å². The van der Waals surface area contributed by atoms with Gasteiger partial charge in [0, 0.05) is 24.6 Å². The van der Waals surface area contributed by atoms with Crippen LogP contribution in [-0.2, 0) is 17.9 Å². The number of hydrogen-bond acceptors (Lipinski definition) is 6. The van der Waals surface area contributed by atoms with Crippen LogP contribution in [0.2, 0.25) is 0 Å². The highest BCUT2D eigenvalue weighted by Crippen LogP contribution is 2.33. The normalized spacial score (nSPS) is 15.8. The zero-order valence-corrected chi connectivity index (χ0v) is 16.6. The Kier molecular flexibility index (Phi) is 5.42. The van der Waals surface area contributed by atoms with Crippen LogP contribution >= 0.6 is 0 Å². The van der Waals surface area contributed by atoms with E-state index in [0.717, 1.165) is 24.8 Å². The van der Waals surface area contributed by atoms with E-state index >= 15 is 0 Å². The van der Waals surface area contributed by atoms with Gasteiger partial charge >= 0.3 is 0 Å². The summed E-state index contributed by atoms with van der Waals surface area (Å²) in [7, 11) is 0. The van der Waals surface area contributed by atoms with Gasteiger partial charge in [0.2, 0.25) is 12.7 Å². The highest BCUT2D eigenvalue weighted by atomic mass is 16.7. The fourth-order valence-corrected chi connectivity index (χ4v) is 3.22. The molecule has 8 nitrogen and oxygen atoms in total. The van der Waals surface area contributed by atoms with Gasteiger partial charge in [0.05, 0.1) is 6.54 Å². The third kappa shape index (κ3) is 4.36. The Labute approximate surface area is 169 Å². The Morgan fingerprint density at radius 1 is 1.24 bits per heavy atom. The van der Waals surface area contributed by atoms with Crippen molar-refractivity contribution >= 4 is 11.8 Å². The summed E-state index contributed by atoms with van der Waals surface area (Å²) in [4.78, 5) is 26.8. The molecule has 154 valence electrons. The maximum absolute atomic E-state index is 12.6. The summed E-state index contributed by atoms with van der Waals surface area (Å²) in [5, 5.41) is 6.69. The van der Waals surface area contributed by atoms with Gasteiger partial charge in [-0.15, -0.1) is 0 Å². The predicted molar refractivity (Wildman–Crippen MR) is 103 cm³/mol. The molecule has 2 amide bonds. The molecule has 2 heterocycles. The summed E-state index contributed by atoms with van der Waals surface area (Å²) in [5.74, 6) is 1.84. The molecule has 1 unspecified atom stereocenters. The molecule has 1 aromatic carbocycles. The number of fused-ring (bicyclic) bond motifs is 1. The van der Waals surface area contributed by atoms with Crippen molar-refractivity contribution in [1.82, 2.24) is 15.4 Å². The van der Waals surface area contributed by atoms with Crippen LogP contribution in [0.5, 0.6) is 11.5 Å². The monoisotopic (exact) mass is 399 g/mol. The van der Waals surface area contributed by atoms with E-state index in [4.69, 9.17) is 14.0 Å². The second-order valence-electron chi connectivity index (χ2n) is 7.55. The van der Waals surface area contributed by atoms with Gasteiger partial charge in [-0.1, -0.05) is 18.1 Å². The smallest absolute Gasteiger partial charge is 0.273 e. The molecule has 1 aliphatic carbocycles. The summed E-state index contributed by atoms with van der Waals surface area (Å²) in [6, 6.07) is 7.24. The maximum Gasteiger partial charge on any atom is 0.273 e. The van der Waals surface area contributed by atoms with Crippen molar-refractivity contribution in [3.63, 3.8) is 0 Å². The summed E-state index contributed by atoms with van der Waals surface area (Å²) in [5.41, 5.74) is 1.09. The molecule has 0 bridgehead atoms. The Balaban J connectivity index is 1.36. The van der Waals surface area contributed by atoms with Crippen LogP contribution in [0.15, 0.2) is 28.8 Å². The first kappa shape index (κ1) is 19.3. The maximum atomic E-state index is 12.6. The number of aromatic nitrogens is 1. The fourth-order valence-electron chi connectivity index (χ4n) is 3.22. The quantitative estimate of drug-likeness (QED) is 0.734. The minimum absolute atomic E-state index is 0.108. The van der Waals surface area contributed by atoms with E-state index in [1.807, 2.05) is 36.9 Å². The molecule has 1 aromatic heterocycles. The third-order valence-electron chi connectivity index (χ3n) is 5.34. The molecule has 1 saturated carbocycles. The average molecular weight is 399 g/mol. The molecule has 0 saturated heterocycles. The molecule has 8 heteroatoms. The minimum atomic E-state index is -0.332. The summed E-state index contributed by atoms with van der Waals surface area (Å²) in [6.07, 6.45) is 2.76. The second kappa shape index (κ2) is 8.14. The number of carbonyl (C=O) groups is 2. The van der Waals surface area contributed by atoms with Crippen molar-refractivity contribution in [2.75, 3.05) is 6.79 Å². The number of nitrogens with zero attached hydrogens (tertiary/aromatic N) is 2. The summed E-state index contributed by atoms with van der Waals surface area (Å²) in [6.45, 7) is 4.94. The van der Waals surface area contributed by atoms with Crippen LogP contribution in [0, 0.1) is 5.92 Å². The lowest BCUT2D eigenvalue weighted by molar-refractivity contribution is -0.135. The van der Waals surface area contributed by atoms with Gasteiger partial charge in [-0.3, -0.25) is 9.59 Å². The first-order valence-electron chi connectivity index (χ1n) is 9.98. The van der Waals surface area contributed by atoms with Gasteiger partial charge in [0.15, 0.2) is 23.0 Å². The number of ether oxygens (including phenoxy) is 2. The number of rotatable bonds is 8. The molecular weight excluding hydrogens is 374 g/mol. The second-order valence-corrected chi connectivity index (χ2v) is 7.55. The Morgan fingerprint density at radius 3 is 2.79 bits per heavy atom. The number of hydrogen-bond donors (Lipinski definition) is 1. The molecule has 0 spiro atoms. The van der Waals surface area contributed by atoms with Gasteiger partial charge in [-0.25, -0.2) is 0 Å². The van der Waals surface area contributed by atoms with Crippen molar-refractivity contribution in [3.8, 4) is 11.5 Å². The third-order valence-corrected chi connectivity index (χ3v) is 5.34. The first-order chi connectivity index (χ1) is 14.0. The molecule has 4 rings (SSSR count). The SMILES string of the molecule is CCC(C)N(Cc1cc(C(=O)NCc2ccc3c(c2)OCO3)no1)C(=O)C1CC1. The fraction of sp³-hybridized carbons (Fsp3) is 0.476. The van der Waals surface area contributed by atoms with Crippen LogP contribution in [-0.4, -0.2) is 34.7 Å². The van der Waals surface area contributed by atoms with Crippen LogP contribution in [0.1, 0.15) is 54.9 Å². The molecule has 1 fully saturated rings. The molecule has 1 atom stereocenters. The molecule has 1 aliphatic heterocycles. The van der Waals surface area contributed by atoms with E-state index in [9.17, 15) is 9.59 Å². The van der Waals surface area contributed by atoms with Crippen molar-refractivity contribution in [3.05, 3.63) is 41.3 Å². The van der Waals surface area contributed by atoms with Gasteiger partial charge in [0.1, 0.15) is 0 Å². The lowest BCUT2D eigenvalue weighted by Crippen LogP contribution is -2.38. The van der Waals surface area contributed by atoms with Crippen molar-refractivity contribution in [2.45, 2.75) is 52.2 Å². The molecule has 0 radical (unpaired) electrons. The van der Waals surface area contributed by atoms with Gasteiger partial charge in [-0.2, -0.15) is 0 Å². The average Bonchev–Trinajstić information content (AvgIpc) is 3.30. The summed E-state index contributed by atoms with van der Waals surface area (Å²) < 4.78 is 16.0. The number of benzene rings is 1. The van der Waals surface area contributed by atoms with E-state index in [1.54, 1.807) is 6.07 Å². The number of carbonyl (C=O) groups excluding carboxylic acids is 2. The molecule has 2 aliphatic rings. The number of amides is 2. The largest absolute Gasteiger partial charge is 0.454 e. The Morgan fingerprint density at radius 2 is 2.03 bits per heavy atom. The predicted octanol–water partition coefficient (Wildman–Crippen LogP) is 2.87. The zero-order chi connectivity index (χ0) is 20.4. The van der Waals surface area contributed by atoms with Gasteiger partial charge < -0.3 is 24.2 Å². The van der Waals surface area contributed by atoms with Gasteiger partial charge in [0.25, 0.3) is 5.91 Å². The van der Waals surface area contributed by atoms with Crippen LogP contribution in [0.4, 0.5) is 0 Å². The lowest BCUT2D eigenvalue weighted by Gasteiger charge is -2.27. The van der Waals surface area contributed by atoms with Crippen molar-refractivity contribution in [1.29, 1.82) is 0 Å². The van der Waals surface area contributed by atoms with Crippen LogP contribution in [0.25, 0.3) is 0 Å². The highest BCUT2D eigenvalue weighted by molar-refractivity contribution is 5.92. The van der Waals surface area contributed by atoms with Gasteiger partial charge in [-0.05, 0) is 43.9 Å². The topological polar surface area (TPSA) is 93.9 Å². The Bertz CT molecular complexity index is 905. The molecule has 2 aromatic rings. The summed E-state index contributed by atoms with van der Waals surface area (Å²) >= 11 is 0. The Hall–Kier alpha value is -3.03. The molecule has 29 heavy (non-hydrogen) atoms. The van der Waals surface area contributed by atoms with Crippen LogP contribution in [0.3, 0.4) is 0 Å². The zero-order valence-electron chi connectivity index (χ0n) is 16.6. The number of nitrogens with one attached hydrogen (secondary N) is 1. The van der Waals surface area contributed by atoms with E-state index in [2.05, 4.69) is 10.5 Å². The van der Waals surface area contributed by atoms with Crippen molar-refractivity contribution in [2.24, 2.45) is 5.92 Å².